The molecule has 0 aliphatic rings. The lowest BCUT2D eigenvalue weighted by Crippen LogP contribution is -1.96. The van der Waals surface area contributed by atoms with Crippen molar-refractivity contribution in [3.05, 3.63) is 70.1 Å². The van der Waals surface area contributed by atoms with Crippen molar-refractivity contribution in [3.63, 3.8) is 0 Å². The van der Waals surface area contributed by atoms with E-state index in [0.717, 1.165) is 5.56 Å². The molecule has 3 rings (SSSR count). The van der Waals surface area contributed by atoms with Crippen molar-refractivity contribution >= 4 is 17.4 Å². The van der Waals surface area contributed by atoms with E-state index < -0.39 is 4.92 Å². The molecule has 8 nitrogen and oxygen atoms in total. The fourth-order valence-electron chi connectivity index (χ4n) is 2.10. The van der Waals surface area contributed by atoms with Crippen molar-refractivity contribution in [3.8, 4) is 11.5 Å². The van der Waals surface area contributed by atoms with Crippen LogP contribution in [-0.4, -0.2) is 22.2 Å². The maximum atomic E-state index is 10.8. The maximum absolute atomic E-state index is 10.8. The minimum Gasteiger partial charge on any atom is -0.497 e. The molecule has 134 valence electrons. The number of nitrogens with zero attached hydrogens (tertiary/aromatic N) is 3. The van der Waals surface area contributed by atoms with Crippen LogP contribution in [0.1, 0.15) is 11.5 Å². The second-order valence-electron chi connectivity index (χ2n) is 5.15. The quantitative estimate of drug-likeness (QED) is 0.333. The van der Waals surface area contributed by atoms with Gasteiger partial charge in [-0.25, -0.2) is 0 Å². The van der Waals surface area contributed by atoms with Gasteiger partial charge in [0.15, 0.2) is 6.61 Å². The molecule has 0 radical (unpaired) electrons. The second kappa shape index (κ2) is 8.34. The van der Waals surface area contributed by atoms with Crippen LogP contribution >= 0.6 is 11.8 Å². The molecule has 0 unspecified atom stereocenters. The first kappa shape index (κ1) is 17.7. The summed E-state index contributed by atoms with van der Waals surface area (Å²) in [4.78, 5) is 10.4. The molecule has 0 spiro atoms. The zero-order chi connectivity index (χ0) is 18.4. The number of nitro groups is 1. The molecule has 0 saturated carbocycles. The SMILES string of the molecule is COc1cccc(OCc2nnc(SCc3cccc([N+](=O)[O-])c3)o2)c1. The van der Waals surface area contributed by atoms with Crippen LogP contribution in [-0.2, 0) is 12.4 Å². The summed E-state index contributed by atoms with van der Waals surface area (Å²) in [5, 5.41) is 19.0. The Balaban J connectivity index is 1.54. The van der Waals surface area contributed by atoms with Crippen LogP contribution in [0.5, 0.6) is 11.5 Å². The predicted molar refractivity (Wildman–Crippen MR) is 94.3 cm³/mol. The summed E-state index contributed by atoms with van der Waals surface area (Å²) in [6.07, 6.45) is 0. The summed E-state index contributed by atoms with van der Waals surface area (Å²) < 4.78 is 16.2. The third-order valence-corrected chi connectivity index (χ3v) is 4.23. The van der Waals surface area contributed by atoms with E-state index in [1.54, 1.807) is 25.3 Å². The van der Waals surface area contributed by atoms with Crippen LogP contribution in [0.3, 0.4) is 0 Å². The lowest BCUT2D eigenvalue weighted by atomic mass is 10.2. The molecule has 0 atom stereocenters. The maximum Gasteiger partial charge on any atom is 0.277 e. The summed E-state index contributed by atoms with van der Waals surface area (Å²) in [5.74, 6) is 2.16. The van der Waals surface area contributed by atoms with Crippen molar-refractivity contribution in [1.29, 1.82) is 0 Å². The van der Waals surface area contributed by atoms with Crippen LogP contribution in [0.25, 0.3) is 0 Å². The average Bonchev–Trinajstić information content (AvgIpc) is 3.13. The highest BCUT2D eigenvalue weighted by Gasteiger charge is 2.10. The number of hydrogen-bond acceptors (Lipinski definition) is 8. The van der Waals surface area contributed by atoms with Crippen LogP contribution in [0.2, 0.25) is 0 Å². The first-order valence-electron chi connectivity index (χ1n) is 7.59. The molecular weight excluding hydrogens is 358 g/mol. The second-order valence-corrected chi connectivity index (χ2v) is 6.07. The van der Waals surface area contributed by atoms with Gasteiger partial charge in [-0.3, -0.25) is 10.1 Å². The Labute approximate surface area is 153 Å². The van der Waals surface area contributed by atoms with Gasteiger partial charge in [-0.1, -0.05) is 30.0 Å². The van der Waals surface area contributed by atoms with Gasteiger partial charge >= 0.3 is 0 Å². The summed E-state index contributed by atoms with van der Waals surface area (Å²) in [7, 11) is 1.59. The lowest BCUT2D eigenvalue weighted by molar-refractivity contribution is -0.384. The van der Waals surface area contributed by atoms with E-state index in [0.29, 0.717) is 28.4 Å². The van der Waals surface area contributed by atoms with E-state index >= 15 is 0 Å². The van der Waals surface area contributed by atoms with E-state index in [-0.39, 0.29) is 12.3 Å². The molecule has 0 bridgehead atoms. The van der Waals surface area contributed by atoms with Crippen LogP contribution in [0, 0.1) is 10.1 Å². The molecule has 0 N–H and O–H groups in total. The zero-order valence-electron chi connectivity index (χ0n) is 13.8. The Hall–Kier alpha value is -3.07. The van der Waals surface area contributed by atoms with E-state index in [1.807, 2.05) is 18.2 Å². The molecule has 9 heteroatoms. The number of methoxy groups -OCH3 is 1. The summed E-state index contributed by atoms with van der Waals surface area (Å²) >= 11 is 1.30. The Kier molecular flexibility index (Phi) is 5.69. The third-order valence-electron chi connectivity index (χ3n) is 3.34. The summed E-state index contributed by atoms with van der Waals surface area (Å²) in [6.45, 7) is 0.136. The lowest BCUT2D eigenvalue weighted by Gasteiger charge is -2.05. The van der Waals surface area contributed by atoms with Crippen molar-refractivity contribution in [2.24, 2.45) is 0 Å². The zero-order valence-corrected chi connectivity index (χ0v) is 14.6. The van der Waals surface area contributed by atoms with Crippen molar-refractivity contribution in [2.45, 2.75) is 17.6 Å². The van der Waals surface area contributed by atoms with Gasteiger partial charge < -0.3 is 13.9 Å². The van der Waals surface area contributed by atoms with Gasteiger partial charge in [0.25, 0.3) is 16.8 Å². The van der Waals surface area contributed by atoms with Gasteiger partial charge in [0, 0.05) is 24.0 Å². The van der Waals surface area contributed by atoms with Gasteiger partial charge in [-0.2, -0.15) is 0 Å². The van der Waals surface area contributed by atoms with Gasteiger partial charge in [-0.15, -0.1) is 10.2 Å². The van der Waals surface area contributed by atoms with Gasteiger partial charge in [0.1, 0.15) is 11.5 Å². The molecule has 0 amide bonds. The molecule has 0 aliphatic heterocycles. The summed E-state index contributed by atoms with van der Waals surface area (Å²) in [6, 6.07) is 13.6. The van der Waals surface area contributed by atoms with Crippen LogP contribution < -0.4 is 9.47 Å². The van der Waals surface area contributed by atoms with Crippen LogP contribution in [0.15, 0.2) is 58.2 Å². The number of rotatable bonds is 8. The van der Waals surface area contributed by atoms with Crippen LogP contribution in [0.4, 0.5) is 5.69 Å². The van der Waals surface area contributed by atoms with E-state index in [9.17, 15) is 10.1 Å². The Morgan fingerprint density at radius 2 is 1.96 bits per heavy atom. The molecule has 2 aromatic carbocycles. The molecular formula is C17H15N3O5S. The standard InChI is InChI=1S/C17H15N3O5S/c1-23-14-6-3-7-15(9-14)24-10-16-18-19-17(25-16)26-11-12-4-2-5-13(8-12)20(21)22/h2-9H,10-11H2,1H3. The number of aromatic nitrogens is 2. The third kappa shape index (κ3) is 4.73. The molecule has 26 heavy (non-hydrogen) atoms. The number of benzene rings is 2. The molecule has 1 aromatic heterocycles. The molecule has 3 aromatic rings. The van der Waals surface area contributed by atoms with Gasteiger partial charge in [-0.05, 0) is 17.7 Å². The number of thioether (sulfide) groups is 1. The van der Waals surface area contributed by atoms with Gasteiger partial charge in [0.2, 0.25) is 0 Å². The largest absolute Gasteiger partial charge is 0.497 e. The highest BCUT2D eigenvalue weighted by atomic mass is 32.2. The highest BCUT2D eigenvalue weighted by Crippen LogP contribution is 2.24. The molecule has 0 aliphatic carbocycles. The van der Waals surface area contributed by atoms with Gasteiger partial charge in [0.05, 0.1) is 12.0 Å². The topological polar surface area (TPSA) is 101 Å². The first-order chi connectivity index (χ1) is 12.6. The first-order valence-corrected chi connectivity index (χ1v) is 8.58. The number of hydrogen-bond donors (Lipinski definition) is 0. The Morgan fingerprint density at radius 3 is 2.77 bits per heavy atom. The fourth-order valence-corrected chi connectivity index (χ4v) is 2.82. The number of ether oxygens (including phenoxy) is 2. The summed E-state index contributed by atoms with van der Waals surface area (Å²) in [5.41, 5.74) is 0.859. The average molecular weight is 373 g/mol. The number of non-ortho nitro benzene ring substituents is 1. The van der Waals surface area contributed by atoms with Crippen molar-refractivity contribution in [1.82, 2.24) is 10.2 Å². The molecule has 1 heterocycles. The van der Waals surface area contributed by atoms with Crippen molar-refractivity contribution < 1.29 is 18.8 Å². The van der Waals surface area contributed by atoms with Crippen molar-refractivity contribution in [2.75, 3.05) is 7.11 Å². The molecule has 0 saturated heterocycles. The Bertz CT molecular complexity index is 899. The Morgan fingerprint density at radius 1 is 1.15 bits per heavy atom. The number of nitro benzene ring substituents is 1. The monoisotopic (exact) mass is 373 g/mol. The highest BCUT2D eigenvalue weighted by molar-refractivity contribution is 7.98. The minimum absolute atomic E-state index is 0.0565. The normalized spacial score (nSPS) is 10.5. The fraction of sp³-hybridized carbons (Fsp3) is 0.176. The van der Waals surface area contributed by atoms with E-state index in [1.165, 1.54) is 23.9 Å². The smallest absolute Gasteiger partial charge is 0.277 e. The van der Waals surface area contributed by atoms with E-state index in [4.69, 9.17) is 13.9 Å². The predicted octanol–water partition coefficient (Wildman–Crippen LogP) is 3.86. The minimum atomic E-state index is -0.422. The van der Waals surface area contributed by atoms with E-state index in [2.05, 4.69) is 10.2 Å². The molecule has 0 fully saturated rings.